The van der Waals surface area contributed by atoms with E-state index in [9.17, 15) is 5.11 Å². The third kappa shape index (κ3) is 5.00. The second-order valence-electron chi connectivity index (χ2n) is 7.96. The molecule has 0 aliphatic carbocycles. The quantitative estimate of drug-likeness (QED) is 0.780. The largest absolute Gasteiger partial charge is 0.392 e. The maximum atomic E-state index is 9.31. The monoisotopic (exact) mass is 288 g/mol. The van der Waals surface area contributed by atoms with E-state index < -0.39 is 0 Å². The van der Waals surface area contributed by atoms with Crippen molar-refractivity contribution in [2.45, 2.75) is 72.1 Å². The zero-order valence-corrected chi connectivity index (χ0v) is 14.9. The van der Waals surface area contributed by atoms with E-state index in [1.807, 2.05) is 6.08 Å². The molecule has 1 rings (SSSR count). The van der Waals surface area contributed by atoms with Crippen molar-refractivity contribution in [2.75, 3.05) is 6.61 Å². The Labute approximate surface area is 131 Å². The number of rotatable bonds is 4. The Hall–Kier alpha value is -1.08. The molecule has 1 aromatic rings. The molecule has 0 radical (unpaired) electrons. The van der Waals surface area contributed by atoms with Gasteiger partial charge in [-0.2, -0.15) is 0 Å². The molecule has 0 aliphatic heterocycles. The molecule has 0 bridgehead atoms. The first-order valence-corrected chi connectivity index (χ1v) is 8.06. The summed E-state index contributed by atoms with van der Waals surface area (Å²) in [6.07, 6.45) is 4.06. The second-order valence-corrected chi connectivity index (χ2v) is 7.96. The molecule has 1 heteroatoms. The Morgan fingerprint density at radius 2 is 1.43 bits per heavy atom. The minimum Gasteiger partial charge on any atom is -0.392 e. The summed E-state index contributed by atoms with van der Waals surface area (Å²) in [5.74, 6) is 0. The third-order valence-corrected chi connectivity index (χ3v) is 3.89. The SMILES string of the molecule is CCCC(=CCO)c1cc(C(C)(C)C)cc(C(C)(C)C)c1. The lowest BCUT2D eigenvalue weighted by Gasteiger charge is -2.26. The molecule has 0 unspecified atom stereocenters. The first-order valence-electron chi connectivity index (χ1n) is 8.06. The lowest BCUT2D eigenvalue weighted by Crippen LogP contribution is -2.17. The van der Waals surface area contributed by atoms with E-state index in [0.717, 1.165) is 12.8 Å². The molecule has 0 aliphatic rings. The summed E-state index contributed by atoms with van der Waals surface area (Å²) in [6.45, 7) is 15.8. The van der Waals surface area contributed by atoms with Gasteiger partial charge in [0, 0.05) is 0 Å². The van der Waals surface area contributed by atoms with E-state index in [4.69, 9.17) is 0 Å². The minimum absolute atomic E-state index is 0.111. The van der Waals surface area contributed by atoms with E-state index >= 15 is 0 Å². The zero-order chi connectivity index (χ0) is 16.3. The number of hydrogen-bond acceptors (Lipinski definition) is 1. The number of aliphatic hydroxyl groups excluding tert-OH is 1. The maximum Gasteiger partial charge on any atom is 0.0618 e. The van der Waals surface area contributed by atoms with Crippen LogP contribution in [0.2, 0.25) is 0 Å². The zero-order valence-electron chi connectivity index (χ0n) is 14.9. The van der Waals surface area contributed by atoms with Crippen molar-refractivity contribution in [3.8, 4) is 0 Å². The third-order valence-electron chi connectivity index (χ3n) is 3.89. The van der Waals surface area contributed by atoms with Gasteiger partial charge in [0.1, 0.15) is 0 Å². The molecule has 0 saturated heterocycles. The van der Waals surface area contributed by atoms with Gasteiger partial charge >= 0.3 is 0 Å². The average Bonchev–Trinajstić information content (AvgIpc) is 2.36. The van der Waals surface area contributed by atoms with E-state index in [1.165, 1.54) is 22.3 Å². The van der Waals surface area contributed by atoms with Crippen LogP contribution in [-0.2, 0) is 10.8 Å². The van der Waals surface area contributed by atoms with Crippen molar-refractivity contribution in [1.29, 1.82) is 0 Å². The van der Waals surface area contributed by atoms with Crippen molar-refractivity contribution in [2.24, 2.45) is 0 Å². The van der Waals surface area contributed by atoms with Crippen molar-refractivity contribution in [1.82, 2.24) is 0 Å². The van der Waals surface area contributed by atoms with Crippen LogP contribution in [0.1, 0.15) is 78.0 Å². The van der Waals surface area contributed by atoms with Gasteiger partial charge in [-0.05, 0) is 39.5 Å². The fourth-order valence-electron chi connectivity index (χ4n) is 2.42. The summed E-state index contributed by atoms with van der Waals surface area (Å²) in [7, 11) is 0. The van der Waals surface area contributed by atoms with Crippen LogP contribution in [0.15, 0.2) is 24.3 Å². The highest BCUT2D eigenvalue weighted by atomic mass is 16.2. The molecule has 1 aromatic carbocycles. The topological polar surface area (TPSA) is 20.2 Å². The number of benzene rings is 1. The predicted octanol–water partition coefficient (Wildman–Crippen LogP) is 5.46. The number of hydrogen-bond donors (Lipinski definition) is 1. The highest BCUT2D eigenvalue weighted by Crippen LogP contribution is 2.33. The molecular weight excluding hydrogens is 256 g/mol. The first kappa shape index (κ1) is 18.0. The Kier molecular flexibility index (Phi) is 5.81. The summed E-state index contributed by atoms with van der Waals surface area (Å²) in [5, 5.41) is 9.31. The molecule has 118 valence electrons. The van der Waals surface area contributed by atoms with Gasteiger partial charge < -0.3 is 5.11 Å². The molecule has 21 heavy (non-hydrogen) atoms. The molecular formula is C20H32O. The van der Waals surface area contributed by atoms with Gasteiger partial charge in [-0.25, -0.2) is 0 Å². The van der Waals surface area contributed by atoms with Crippen LogP contribution < -0.4 is 0 Å². The van der Waals surface area contributed by atoms with E-state index in [1.54, 1.807) is 0 Å². The van der Waals surface area contributed by atoms with Crippen LogP contribution in [0.3, 0.4) is 0 Å². The first-order chi connectivity index (χ1) is 9.59. The van der Waals surface area contributed by atoms with Crippen LogP contribution in [-0.4, -0.2) is 11.7 Å². The van der Waals surface area contributed by atoms with Crippen LogP contribution >= 0.6 is 0 Å². The van der Waals surface area contributed by atoms with E-state index in [0.29, 0.717) is 0 Å². The van der Waals surface area contributed by atoms with Crippen LogP contribution in [0.5, 0.6) is 0 Å². The summed E-state index contributed by atoms with van der Waals surface area (Å²) in [4.78, 5) is 0. The van der Waals surface area contributed by atoms with Crippen molar-refractivity contribution < 1.29 is 5.11 Å². The van der Waals surface area contributed by atoms with E-state index in [2.05, 4.69) is 66.7 Å². The normalized spacial score (nSPS) is 13.6. The van der Waals surface area contributed by atoms with Crippen LogP contribution in [0, 0.1) is 0 Å². The predicted molar refractivity (Wildman–Crippen MR) is 93.8 cm³/mol. The molecule has 0 spiro atoms. The Balaban J connectivity index is 3.47. The Bertz CT molecular complexity index is 463. The molecule has 1 N–H and O–H groups in total. The van der Waals surface area contributed by atoms with Gasteiger partial charge in [0.2, 0.25) is 0 Å². The van der Waals surface area contributed by atoms with Gasteiger partial charge in [0.25, 0.3) is 0 Å². The minimum atomic E-state index is 0.111. The summed E-state index contributed by atoms with van der Waals surface area (Å²) >= 11 is 0. The van der Waals surface area contributed by atoms with Crippen LogP contribution in [0.4, 0.5) is 0 Å². The molecule has 0 amide bonds. The van der Waals surface area contributed by atoms with Gasteiger partial charge in [-0.15, -0.1) is 0 Å². The summed E-state index contributed by atoms with van der Waals surface area (Å²) < 4.78 is 0. The maximum absolute atomic E-state index is 9.31. The standard InChI is InChI=1S/C20H32O/c1-8-9-15(10-11-21)16-12-17(19(2,3)4)14-18(13-16)20(5,6)7/h10,12-14,21H,8-9,11H2,1-7H3. The smallest absolute Gasteiger partial charge is 0.0618 e. The van der Waals surface area contributed by atoms with Crippen molar-refractivity contribution in [3.63, 3.8) is 0 Å². The summed E-state index contributed by atoms with van der Waals surface area (Å²) in [6, 6.07) is 6.94. The lowest BCUT2D eigenvalue weighted by atomic mass is 9.78. The lowest BCUT2D eigenvalue weighted by molar-refractivity contribution is 0.343. The highest BCUT2D eigenvalue weighted by Gasteiger charge is 2.21. The van der Waals surface area contributed by atoms with Gasteiger partial charge in [0.15, 0.2) is 0 Å². The second kappa shape index (κ2) is 6.79. The van der Waals surface area contributed by atoms with Gasteiger partial charge in [-0.1, -0.05) is 79.2 Å². The molecule has 0 aromatic heterocycles. The van der Waals surface area contributed by atoms with Crippen molar-refractivity contribution >= 4 is 5.57 Å². The number of aliphatic hydroxyl groups is 1. The average molecular weight is 288 g/mol. The Morgan fingerprint density at radius 1 is 0.952 bits per heavy atom. The number of allylic oxidation sites excluding steroid dienone is 1. The van der Waals surface area contributed by atoms with Crippen LogP contribution in [0.25, 0.3) is 5.57 Å². The fraction of sp³-hybridized carbons (Fsp3) is 0.600. The Morgan fingerprint density at radius 3 is 1.76 bits per heavy atom. The molecule has 0 heterocycles. The highest BCUT2D eigenvalue weighted by molar-refractivity contribution is 5.67. The fourth-order valence-corrected chi connectivity index (χ4v) is 2.42. The van der Waals surface area contributed by atoms with Gasteiger partial charge in [0.05, 0.1) is 6.61 Å². The molecule has 1 nitrogen and oxygen atoms in total. The van der Waals surface area contributed by atoms with Gasteiger partial charge in [-0.3, -0.25) is 0 Å². The molecule has 0 atom stereocenters. The van der Waals surface area contributed by atoms with E-state index in [-0.39, 0.29) is 17.4 Å². The summed E-state index contributed by atoms with van der Waals surface area (Å²) in [5.41, 5.74) is 5.52. The molecule has 0 fully saturated rings. The molecule has 0 saturated carbocycles. The van der Waals surface area contributed by atoms with Crippen molar-refractivity contribution in [3.05, 3.63) is 41.0 Å².